The molecule has 0 bridgehead atoms. The first kappa shape index (κ1) is 16.9. The Labute approximate surface area is 135 Å². The number of hydrogen-bond acceptors (Lipinski definition) is 3. The van der Waals surface area contributed by atoms with Crippen LogP contribution in [0.3, 0.4) is 0 Å². The fourth-order valence-electron chi connectivity index (χ4n) is 2.27. The molecule has 1 fully saturated rings. The average Bonchev–Trinajstić information content (AvgIpc) is 3.08. The highest BCUT2D eigenvalue weighted by Gasteiger charge is 2.37. The van der Waals surface area contributed by atoms with Crippen molar-refractivity contribution in [1.29, 1.82) is 0 Å². The lowest BCUT2D eigenvalue weighted by molar-refractivity contribution is 0.577. The van der Waals surface area contributed by atoms with E-state index in [0.29, 0.717) is 21.8 Å². The van der Waals surface area contributed by atoms with Gasteiger partial charge in [0.2, 0.25) is 10.0 Å². The van der Waals surface area contributed by atoms with Crippen molar-refractivity contribution in [1.82, 2.24) is 10.0 Å². The van der Waals surface area contributed by atoms with E-state index >= 15 is 0 Å². The third-order valence-electron chi connectivity index (χ3n) is 3.74. The van der Waals surface area contributed by atoms with Crippen LogP contribution in [0.2, 0.25) is 0 Å². The summed E-state index contributed by atoms with van der Waals surface area (Å²) in [7, 11) is -3.46. The minimum absolute atomic E-state index is 0.0871. The summed E-state index contributed by atoms with van der Waals surface area (Å²) in [6.45, 7) is 7.69. The van der Waals surface area contributed by atoms with Gasteiger partial charge in [0.25, 0.3) is 0 Å². The molecule has 2 N–H and O–H groups in total. The van der Waals surface area contributed by atoms with Crippen molar-refractivity contribution in [2.45, 2.75) is 51.1 Å². The molecule has 2 unspecified atom stereocenters. The predicted octanol–water partition coefficient (Wildman–Crippen LogP) is 2.94. The molecule has 0 amide bonds. The van der Waals surface area contributed by atoms with Crippen LogP contribution in [0.4, 0.5) is 0 Å². The molecule has 2 atom stereocenters. The van der Waals surface area contributed by atoms with E-state index < -0.39 is 10.0 Å². The summed E-state index contributed by atoms with van der Waals surface area (Å²) >= 11 is 3.42. The highest BCUT2D eigenvalue weighted by molar-refractivity contribution is 9.10. The van der Waals surface area contributed by atoms with Gasteiger partial charge in [-0.25, -0.2) is 13.1 Å². The maximum Gasteiger partial charge on any atom is 0.241 e. The van der Waals surface area contributed by atoms with Crippen LogP contribution < -0.4 is 10.0 Å². The number of halogens is 1. The van der Waals surface area contributed by atoms with Gasteiger partial charge >= 0.3 is 0 Å². The summed E-state index contributed by atoms with van der Waals surface area (Å²) in [5, 5.41) is 3.31. The Kier molecular flexibility index (Phi) is 5.46. The van der Waals surface area contributed by atoms with Crippen LogP contribution >= 0.6 is 15.9 Å². The first-order valence-electron chi connectivity index (χ1n) is 7.37. The van der Waals surface area contributed by atoms with Gasteiger partial charge in [0, 0.05) is 17.1 Å². The van der Waals surface area contributed by atoms with Crippen molar-refractivity contribution < 1.29 is 8.42 Å². The second-order valence-electron chi connectivity index (χ2n) is 5.84. The fraction of sp³-hybridized carbons (Fsp3) is 0.600. The summed E-state index contributed by atoms with van der Waals surface area (Å²) in [4.78, 5) is 0.342. The summed E-state index contributed by atoms with van der Waals surface area (Å²) in [5.74, 6) is 0.439. The topological polar surface area (TPSA) is 58.2 Å². The van der Waals surface area contributed by atoms with E-state index in [4.69, 9.17) is 0 Å². The molecule has 0 aliphatic heterocycles. The van der Waals surface area contributed by atoms with Gasteiger partial charge in [0.15, 0.2) is 0 Å². The van der Waals surface area contributed by atoms with Gasteiger partial charge in [0.05, 0.1) is 4.90 Å². The van der Waals surface area contributed by atoms with E-state index in [-0.39, 0.29) is 6.04 Å². The van der Waals surface area contributed by atoms with Crippen LogP contribution in [-0.2, 0) is 16.6 Å². The molecule has 1 saturated carbocycles. The van der Waals surface area contributed by atoms with Crippen molar-refractivity contribution in [3.05, 3.63) is 27.7 Å². The van der Waals surface area contributed by atoms with E-state index in [1.807, 2.05) is 13.0 Å². The number of aryl methyl sites for hydroxylation is 1. The number of sulfonamides is 1. The van der Waals surface area contributed by atoms with Crippen LogP contribution in [0, 0.1) is 12.8 Å². The largest absolute Gasteiger partial charge is 0.313 e. The molecule has 0 saturated heterocycles. The Hall–Kier alpha value is -0.430. The molecule has 1 aliphatic carbocycles. The first-order valence-corrected chi connectivity index (χ1v) is 9.65. The van der Waals surface area contributed by atoms with Gasteiger partial charge in [0.1, 0.15) is 0 Å². The van der Waals surface area contributed by atoms with Gasteiger partial charge in [-0.3, -0.25) is 0 Å². The lowest BCUT2D eigenvalue weighted by Gasteiger charge is -2.13. The highest BCUT2D eigenvalue weighted by atomic mass is 79.9. The highest BCUT2D eigenvalue weighted by Crippen LogP contribution is 2.33. The summed E-state index contributed by atoms with van der Waals surface area (Å²) in [6, 6.07) is 3.87. The number of nitrogens with one attached hydrogen (secondary N) is 2. The van der Waals surface area contributed by atoms with E-state index in [1.54, 1.807) is 6.07 Å². The Bertz CT molecular complexity index is 616. The minimum Gasteiger partial charge on any atom is -0.313 e. The third-order valence-corrected chi connectivity index (χ3v) is 6.57. The lowest BCUT2D eigenvalue weighted by Crippen LogP contribution is -2.27. The molecular weight excluding hydrogens is 352 g/mol. The Morgan fingerprint density at radius 1 is 1.38 bits per heavy atom. The quantitative estimate of drug-likeness (QED) is 0.721. The number of hydrogen-bond donors (Lipinski definition) is 2. The molecule has 1 aliphatic rings. The second kappa shape index (κ2) is 6.77. The molecule has 0 heterocycles. The normalized spacial score (nSPS) is 21.5. The molecule has 0 aromatic heterocycles. The smallest absolute Gasteiger partial charge is 0.241 e. The van der Waals surface area contributed by atoms with Gasteiger partial charge in [-0.2, -0.15) is 0 Å². The van der Waals surface area contributed by atoms with Gasteiger partial charge in [-0.1, -0.05) is 19.9 Å². The van der Waals surface area contributed by atoms with E-state index in [2.05, 4.69) is 39.8 Å². The SMILES string of the molecule is CCCNCc1cc(C)c(Br)c(S(=O)(=O)NC2CC2C)c1. The van der Waals surface area contributed by atoms with Crippen LogP contribution in [0.5, 0.6) is 0 Å². The molecule has 2 rings (SSSR count). The van der Waals surface area contributed by atoms with Crippen molar-refractivity contribution in [3.63, 3.8) is 0 Å². The molecule has 0 radical (unpaired) electrons. The minimum atomic E-state index is -3.46. The van der Waals surface area contributed by atoms with Gasteiger partial charge in [-0.05, 0) is 65.4 Å². The first-order chi connectivity index (χ1) is 9.85. The van der Waals surface area contributed by atoms with Gasteiger partial charge < -0.3 is 5.32 Å². The maximum absolute atomic E-state index is 12.5. The van der Waals surface area contributed by atoms with Crippen molar-refractivity contribution >= 4 is 26.0 Å². The molecule has 118 valence electrons. The molecule has 4 nitrogen and oxygen atoms in total. The Morgan fingerprint density at radius 3 is 2.62 bits per heavy atom. The second-order valence-corrected chi connectivity index (χ2v) is 8.32. The van der Waals surface area contributed by atoms with Crippen LogP contribution in [0.25, 0.3) is 0 Å². The third kappa shape index (κ3) is 4.28. The van der Waals surface area contributed by atoms with Crippen molar-refractivity contribution in [2.75, 3.05) is 6.54 Å². The molecule has 0 spiro atoms. The average molecular weight is 375 g/mol. The monoisotopic (exact) mass is 374 g/mol. The molecule has 1 aromatic carbocycles. The molecule has 21 heavy (non-hydrogen) atoms. The zero-order valence-corrected chi connectivity index (χ0v) is 15.1. The Morgan fingerprint density at radius 2 is 2.05 bits per heavy atom. The zero-order chi connectivity index (χ0) is 15.6. The van der Waals surface area contributed by atoms with Crippen molar-refractivity contribution in [2.24, 2.45) is 5.92 Å². The summed E-state index contributed by atoms with van der Waals surface area (Å²) in [6.07, 6.45) is 1.98. The van der Waals surface area contributed by atoms with Crippen LogP contribution in [0.1, 0.15) is 37.8 Å². The zero-order valence-electron chi connectivity index (χ0n) is 12.7. The van der Waals surface area contributed by atoms with Crippen LogP contribution in [-0.4, -0.2) is 21.0 Å². The van der Waals surface area contributed by atoms with Crippen LogP contribution in [0.15, 0.2) is 21.5 Å². The van der Waals surface area contributed by atoms with E-state index in [1.165, 1.54) is 0 Å². The molecule has 1 aromatic rings. The predicted molar refractivity (Wildman–Crippen MR) is 88.8 cm³/mol. The fourth-order valence-corrected chi connectivity index (χ4v) is 4.69. The number of benzene rings is 1. The lowest BCUT2D eigenvalue weighted by atomic mass is 10.1. The standard InChI is InChI=1S/C15H23BrN2O2S/c1-4-5-17-9-12-6-11(3)15(16)14(8-12)21(19,20)18-13-7-10(13)2/h6,8,10,13,17-18H,4-5,7,9H2,1-3H3. The summed E-state index contributed by atoms with van der Waals surface area (Å²) in [5.41, 5.74) is 1.93. The van der Waals surface area contributed by atoms with E-state index in [9.17, 15) is 8.42 Å². The Balaban J connectivity index is 2.24. The number of rotatable bonds is 7. The van der Waals surface area contributed by atoms with E-state index in [0.717, 1.165) is 30.5 Å². The molecular formula is C15H23BrN2O2S. The molecule has 6 heteroatoms. The summed E-state index contributed by atoms with van der Waals surface area (Å²) < 4.78 is 28.5. The van der Waals surface area contributed by atoms with Gasteiger partial charge in [-0.15, -0.1) is 0 Å². The maximum atomic E-state index is 12.5. The van der Waals surface area contributed by atoms with Crippen molar-refractivity contribution in [3.8, 4) is 0 Å².